The quantitative estimate of drug-likeness (QED) is 0.559. The lowest BCUT2D eigenvalue weighted by Gasteiger charge is -2.40. The lowest BCUT2D eigenvalue weighted by molar-refractivity contribution is 0.249. The molecule has 1 saturated carbocycles. The minimum atomic E-state index is -0.313. The number of halogens is 3. The molecule has 27 heavy (non-hydrogen) atoms. The number of rotatable bonds is 2. The van der Waals surface area contributed by atoms with Gasteiger partial charge in [0.2, 0.25) is 0 Å². The summed E-state index contributed by atoms with van der Waals surface area (Å²) in [6.07, 6.45) is 7.94. The van der Waals surface area contributed by atoms with Gasteiger partial charge in [0.15, 0.2) is 0 Å². The van der Waals surface area contributed by atoms with Crippen LogP contribution in [0.5, 0.6) is 0 Å². The average Bonchev–Trinajstić information content (AvgIpc) is 2.89. The van der Waals surface area contributed by atoms with E-state index in [0.29, 0.717) is 6.04 Å². The van der Waals surface area contributed by atoms with E-state index in [1.54, 1.807) is 0 Å². The molecule has 2 aliphatic heterocycles. The van der Waals surface area contributed by atoms with E-state index in [9.17, 15) is 4.79 Å². The summed E-state index contributed by atoms with van der Waals surface area (Å²) in [5.74, 6) is 0.907. The second-order valence-corrected chi connectivity index (χ2v) is 8.54. The summed E-state index contributed by atoms with van der Waals surface area (Å²) in [7, 11) is 0. The van der Waals surface area contributed by atoms with Gasteiger partial charge >= 0.3 is 6.03 Å². The van der Waals surface area contributed by atoms with Crippen LogP contribution in [0.15, 0.2) is 29.3 Å². The summed E-state index contributed by atoms with van der Waals surface area (Å²) in [6, 6.07) is 8.57. The average molecular weight is 525 g/mol. The van der Waals surface area contributed by atoms with E-state index in [2.05, 4.69) is 57.5 Å². The number of carbonyl (C=O) groups is 1. The molecule has 2 heterocycles. The normalized spacial score (nSPS) is 23.7. The molecule has 4 rings (SSSR count). The molecular weight excluding hydrogens is 498 g/mol. The third kappa shape index (κ3) is 4.54. The Bertz CT molecular complexity index is 671. The van der Waals surface area contributed by atoms with Crippen LogP contribution >= 0.6 is 47.4 Å². The van der Waals surface area contributed by atoms with Gasteiger partial charge in [-0.05, 0) is 85.6 Å². The van der Waals surface area contributed by atoms with Crippen molar-refractivity contribution < 1.29 is 4.79 Å². The maximum Gasteiger partial charge on any atom is 0.328 e. The van der Waals surface area contributed by atoms with Gasteiger partial charge in [0.1, 0.15) is 11.4 Å². The Labute approximate surface area is 187 Å². The summed E-state index contributed by atoms with van der Waals surface area (Å²) in [6.45, 7) is 1.83. The fourth-order valence-corrected chi connectivity index (χ4v) is 4.73. The molecule has 2 amide bonds. The topological polar surface area (TPSA) is 56.7 Å². The number of amides is 2. The highest BCUT2D eigenvalue weighted by molar-refractivity contribution is 14.1. The number of nitrogens with zero attached hydrogens (tertiary/aromatic N) is 2. The zero-order chi connectivity index (χ0) is 17.3. The van der Waals surface area contributed by atoms with Gasteiger partial charge in [-0.25, -0.2) is 4.79 Å². The SMILES string of the molecule is Cl.Cl.O=C1NC(=NC2CCCCC2)C2(CCNCC2)N1c1ccc(I)cc1. The summed E-state index contributed by atoms with van der Waals surface area (Å²) in [4.78, 5) is 19.9. The molecule has 3 fully saturated rings. The monoisotopic (exact) mass is 524 g/mol. The number of urea groups is 1. The van der Waals surface area contributed by atoms with Crippen molar-refractivity contribution in [3.63, 3.8) is 0 Å². The largest absolute Gasteiger partial charge is 0.328 e. The number of benzene rings is 1. The summed E-state index contributed by atoms with van der Waals surface area (Å²) >= 11 is 2.30. The minimum Gasteiger partial charge on any atom is -0.317 e. The fraction of sp³-hybridized carbons (Fsp3) is 0.579. The first kappa shape index (κ1) is 22.7. The molecule has 1 aromatic rings. The maximum atomic E-state index is 12.9. The predicted molar refractivity (Wildman–Crippen MR) is 124 cm³/mol. The highest BCUT2D eigenvalue weighted by Gasteiger charge is 2.52. The molecule has 150 valence electrons. The smallest absolute Gasteiger partial charge is 0.317 e. The zero-order valence-corrected chi connectivity index (χ0v) is 19.0. The Morgan fingerprint density at radius 2 is 1.67 bits per heavy atom. The number of piperidine rings is 1. The molecule has 1 spiro atoms. The van der Waals surface area contributed by atoms with E-state index in [1.165, 1.54) is 22.8 Å². The van der Waals surface area contributed by atoms with Crippen LogP contribution in [0, 0.1) is 3.57 Å². The number of carbonyl (C=O) groups excluding carboxylic acids is 1. The van der Waals surface area contributed by atoms with Crippen LogP contribution in [0.2, 0.25) is 0 Å². The van der Waals surface area contributed by atoms with E-state index < -0.39 is 0 Å². The molecule has 1 aromatic carbocycles. The van der Waals surface area contributed by atoms with Gasteiger partial charge in [0.25, 0.3) is 0 Å². The summed E-state index contributed by atoms with van der Waals surface area (Å²) in [5.41, 5.74) is 0.653. The Kier molecular flexibility index (Phi) is 8.21. The molecule has 0 atom stereocenters. The molecule has 0 radical (unpaired) electrons. The number of hydrogen-bond acceptors (Lipinski definition) is 3. The van der Waals surface area contributed by atoms with Gasteiger partial charge in [-0.15, -0.1) is 24.8 Å². The van der Waals surface area contributed by atoms with Crippen molar-refractivity contribution in [3.8, 4) is 0 Å². The van der Waals surface area contributed by atoms with Gasteiger partial charge in [0, 0.05) is 9.26 Å². The van der Waals surface area contributed by atoms with Crippen LogP contribution in [0.4, 0.5) is 10.5 Å². The van der Waals surface area contributed by atoms with Gasteiger partial charge in [-0.2, -0.15) is 0 Å². The highest BCUT2D eigenvalue weighted by atomic mass is 127. The first-order valence-electron chi connectivity index (χ1n) is 9.35. The maximum absolute atomic E-state index is 12.9. The highest BCUT2D eigenvalue weighted by Crippen LogP contribution is 2.37. The summed E-state index contributed by atoms with van der Waals surface area (Å²) in [5, 5.41) is 6.57. The van der Waals surface area contributed by atoms with Crippen LogP contribution in [0.3, 0.4) is 0 Å². The number of nitrogens with one attached hydrogen (secondary N) is 2. The molecular formula is C19H27Cl2IN4O. The molecule has 0 unspecified atom stereocenters. The van der Waals surface area contributed by atoms with Crippen LogP contribution in [0.25, 0.3) is 0 Å². The van der Waals surface area contributed by atoms with E-state index in [4.69, 9.17) is 4.99 Å². The van der Waals surface area contributed by atoms with Crippen LogP contribution in [-0.2, 0) is 0 Å². The summed E-state index contributed by atoms with van der Waals surface area (Å²) < 4.78 is 1.18. The van der Waals surface area contributed by atoms with Crippen LogP contribution < -0.4 is 15.5 Å². The van der Waals surface area contributed by atoms with Crippen molar-refractivity contribution in [2.45, 2.75) is 56.5 Å². The number of hydrogen-bond donors (Lipinski definition) is 2. The van der Waals surface area contributed by atoms with Gasteiger partial charge in [0.05, 0.1) is 6.04 Å². The zero-order valence-electron chi connectivity index (χ0n) is 15.2. The number of amidine groups is 1. The van der Waals surface area contributed by atoms with Gasteiger partial charge in [-0.1, -0.05) is 19.3 Å². The molecule has 1 aliphatic carbocycles. The molecule has 0 aromatic heterocycles. The Balaban J connectivity index is 0.00000131. The second-order valence-electron chi connectivity index (χ2n) is 7.29. The van der Waals surface area contributed by atoms with Crippen molar-refractivity contribution >= 4 is 65.0 Å². The van der Waals surface area contributed by atoms with Crippen molar-refractivity contribution in [1.29, 1.82) is 0 Å². The third-order valence-corrected chi connectivity index (χ3v) is 6.42. The first-order valence-corrected chi connectivity index (χ1v) is 10.4. The van der Waals surface area contributed by atoms with Gasteiger partial charge < -0.3 is 5.32 Å². The molecule has 0 bridgehead atoms. The minimum absolute atomic E-state index is 0. The molecule has 2 saturated heterocycles. The van der Waals surface area contributed by atoms with Crippen molar-refractivity contribution in [3.05, 3.63) is 27.8 Å². The Morgan fingerprint density at radius 3 is 2.30 bits per heavy atom. The van der Waals surface area contributed by atoms with E-state index in [-0.39, 0.29) is 36.4 Å². The Morgan fingerprint density at radius 1 is 1.04 bits per heavy atom. The second kappa shape index (κ2) is 9.76. The Hall–Kier alpha value is -0.570. The standard InChI is InChI=1S/C19H25IN4O.2ClH/c20-14-6-8-16(9-7-14)24-18(25)23-17(19(24)10-12-21-13-11-19)22-15-4-2-1-3-5-15;;/h6-9,15,21H,1-5,10-13H2,(H,22,23,25);2*1H. The van der Waals surface area contributed by atoms with Crippen molar-refractivity contribution in [1.82, 2.24) is 10.6 Å². The lowest BCUT2D eigenvalue weighted by atomic mass is 9.85. The van der Waals surface area contributed by atoms with Crippen molar-refractivity contribution in [2.24, 2.45) is 4.99 Å². The lowest BCUT2D eigenvalue weighted by Crippen LogP contribution is -2.56. The van der Waals surface area contributed by atoms with E-state index in [0.717, 1.165) is 50.3 Å². The first-order chi connectivity index (χ1) is 12.2. The number of aliphatic imine (C=N–C) groups is 1. The van der Waals surface area contributed by atoms with Gasteiger partial charge in [-0.3, -0.25) is 15.2 Å². The molecule has 5 nitrogen and oxygen atoms in total. The van der Waals surface area contributed by atoms with Crippen molar-refractivity contribution in [2.75, 3.05) is 18.0 Å². The molecule has 8 heteroatoms. The third-order valence-electron chi connectivity index (χ3n) is 5.70. The van der Waals surface area contributed by atoms with Crippen LogP contribution in [-0.4, -0.2) is 36.5 Å². The van der Waals surface area contributed by atoms with Crippen LogP contribution in [0.1, 0.15) is 44.9 Å². The predicted octanol–water partition coefficient (Wildman–Crippen LogP) is 4.52. The van der Waals surface area contributed by atoms with E-state index >= 15 is 0 Å². The molecule has 2 N–H and O–H groups in total. The fourth-order valence-electron chi connectivity index (χ4n) is 4.37. The molecule has 3 aliphatic rings. The number of anilines is 1. The van der Waals surface area contributed by atoms with E-state index in [1.807, 2.05) is 4.90 Å².